The first kappa shape index (κ1) is 17.6. The zero-order valence-electron chi connectivity index (χ0n) is 17.0. The van der Waals surface area contributed by atoms with Crippen LogP contribution in [0.15, 0.2) is 65.3 Å². The number of rotatable bonds is 3. The molecule has 0 aliphatic heterocycles. The molecule has 0 N–H and O–H groups in total. The minimum Gasteiger partial charge on any atom is -0.493 e. The van der Waals surface area contributed by atoms with Crippen LogP contribution in [0.2, 0.25) is 0 Å². The minimum atomic E-state index is 0.709. The molecule has 0 aliphatic rings. The van der Waals surface area contributed by atoms with Gasteiger partial charge in [0.1, 0.15) is 11.4 Å². The number of fused-ring (bicyclic) bond motifs is 3. The normalized spacial score (nSPS) is 11.4. The summed E-state index contributed by atoms with van der Waals surface area (Å²) in [5, 5.41) is 2.10. The maximum absolute atomic E-state index is 6.06. The van der Waals surface area contributed by atoms with Gasteiger partial charge in [0.15, 0.2) is 11.3 Å². The standard InChI is InChI=1S/C25H22N2O2/c1-15-11-16(2)23(17(3)12-15)27-10-9-26-25(27)18-13-20-19-7-5-6-8-21(19)29-24(20)22(14-18)28-4/h5-14H,1-4H3. The topological polar surface area (TPSA) is 40.2 Å². The molecule has 0 saturated heterocycles. The molecule has 0 atom stereocenters. The van der Waals surface area contributed by atoms with E-state index in [1.54, 1.807) is 7.11 Å². The van der Waals surface area contributed by atoms with Crippen molar-refractivity contribution in [3.63, 3.8) is 0 Å². The van der Waals surface area contributed by atoms with Crippen LogP contribution in [-0.4, -0.2) is 16.7 Å². The van der Waals surface area contributed by atoms with Crippen molar-refractivity contribution in [2.45, 2.75) is 20.8 Å². The first-order chi connectivity index (χ1) is 14.1. The van der Waals surface area contributed by atoms with Crippen molar-refractivity contribution in [1.82, 2.24) is 9.55 Å². The zero-order valence-corrected chi connectivity index (χ0v) is 17.0. The van der Waals surface area contributed by atoms with E-state index in [9.17, 15) is 0 Å². The van der Waals surface area contributed by atoms with Crippen molar-refractivity contribution >= 4 is 21.9 Å². The number of hydrogen-bond donors (Lipinski definition) is 0. The Kier molecular flexibility index (Phi) is 3.95. The molecule has 29 heavy (non-hydrogen) atoms. The van der Waals surface area contributed by atoms with Crippen LogP contribution in [0.25, 0.3) is 39.0 Å². The Bertz CT molecular complexity index is 1350. The van der Waals surface area contributed by atoms with Crippen LogP contribution in [0.1, 0.15) is 16.7 Å². The number of methoxy groups -OCH3 is 1. The number of ether oxygens (including phenoxy) is 1. The second kappa shape index (κ2) is 6.52. The van der Waals surface area contributed by atoms with E-state index in [2.05, 4.69) is 49.6 Å². The Morgan fingerprint density at radius 3 is 2.45 bits per heavy atom. The minimum absolute atomic E-state index is 0.709. The number of nitrogens with zero attached hydrogens (tertiary/aromatic N) is 2. The van der Waals surface area contributed by atoms with E-state index in [1.807, 2.05) is 36.7 Å². The third-order valence-electron chi connectivity index (χ3n) is 5.44. The van der Waals surface area contributed by atoms with Gasteiger partial charge in [0, 0.05) is 28.7 Å². The molecule has 0 fully saturated rings. The van der Waals surface area contributed by atoms with Crippen LogP contribution < -0.4 is 4.74 Å². The van der Waals surface area contributed by atoms with Gasteiger partial charge in [0.25, 0.3) is 0 Å². The monoisotopic (exact) mass is 382 g/mol. The fraction of sp³-hybridized carbons (Fsp3) is 0.160. The molecule has 0 amide bonds. The average Bonchev–Trinajstić information content (AvgIpc) is 3.31. The summed E-state index contributed by atoms with van der Waals surface area (Å²) in [7, 11) is 1.67. The molecule has 2 heterocycles. The number of aryl methyl sites for hydroxylation is 3. The van der Waals surface area contributed by atoms with Crippen LogP contribution in [0.5, 0.6) is 5.75 Å². The molecule has 0 saturated carbocycles. The number of para-hydroxylation sites is 1. The van der Waals surface area contributed by atoms with Gasteiger partial charge in [-0.2, -0.15) is 0 Å². The van der Waals surface area contributed by atoms with Gasteiger partial charge in [-0.1, -0.05) is 35.9 Å². The fourth-order valence-electron chi connectivity index (χ4n) is 4.33. The van der Waals surface area contributed by atoms with Crippen molar-refractivity contribution in [3.8, 4) is 22.8 Å². The van der Waals surface area contributed by atoms with E-state index >= 15 is 0 Å². The zero-order chi connectivity index (χ0) is 20.1. The third-order valence-corrected chi connectivity index (χ3v) is 5.44. The molecule has 2 aromatic heterocycles. The second-order valence-corrected chi connectivity index (χ2v) is 7.52. The van der Waals surface area contributed by atoms with Crippen LogP contribution in [0.3, 0.4) is 0 Å². The molecule has 0 spiro atoms. The Morgan fingerprint density at radius 1 is 0.931 bits per heavy atom. The highest BCUT2D eigenvalue weighted by Crippen LogP contribution is 2.39. The summed E-state index contributed by atoms with van der Waals surface area (Å²) in [6, 6.07) is 16.6. The van der Waals surface area contributed by atoms with Gasteiger partial charge in [-0.15, -0.1) is 0 Å². The highest BCUT2D eigenvalue weighted by molar-refractivity contribution is 6.08. The molecule has 4 nitrogen and oxygen atoms in total. The number of hydrogen-bond acceptors (Lipinski definition) is 3. The largest absolute Gasteiger partial charge is 0.493 e. The smallest absolute Gasteiger partial charge is 0.177 e. The quantitative estimate of drug-likeness (QED) is 0.364. The third kappa shape index (κ3) is 2.71. The highest BCUT2D eigenvalue weighted by Gasteiger charge is 2.18. The fourth-order valence-corrected chi connectivity index (χ4v) is 4.33. The van der Waals surface area contributed by atoms with E-state index in [4.69, 9.17) is 14.1 Å². The molecule has 0 radical (unpaired) electrons. The number of imidazole rings is 1. The van der Waals surface area contributed by atoms with E-state index < -0.39 is 0 Å². The molecule has 4 heteroatoms. The lowest BCUT2D eigenvalue weighted by Gasteiger charge is -2.15. The highest BCUT2D eigenvalue weighted by atomic mass is 16.5. The first-order valence-electron chi connectivity index (χ1n) is 9.68. The van der Waals surface area contributed by atoms with Gasteiger partial charge in [0.05, 0.1) is 12.8 Å². The van der Waals surface area contributed by atoms with Crippen LogP contribution >= 0.6 is 0 Å². The van der Waals surface area contributed by atoms with Gasteiger partial charge in [-0.25, -0.2) is 4.98 Å². The summed E-state index contributed by atoms with van der Waals surface area (Å²) >= 11 is 0. The number of furan rings is 1. The molecule has 0 aliphatic carbocycles. The van der Waals surface area contributed by atoms with Crippen molar-refractivity contribution in [2.24, 2.45) is 0 Å². The van der Waals surface area contributed by atoms with E-state index in [1.165, 1.54) is 22.4 Å². The van der Waals surface area contributed by atoms with Gasteiger partial charge >= 0.3 is 0 Å². The Balaban J connectivity index is 1.78. The lowest BCUT2D eigenvalue weighted by Crippen LogP contribution is -2.02. The summed E-state index contributed by atoms with van der Waals surface area (Å²) in [5.74, 6) is 1.59. The second-order valence-electron chi connectivity index (χ2n) is 7.52. The summed E-state index contributed by atoms with van der Waals surface area (Å²) < 4.78 is 13.9. The average molecular weight is 382 g/mol. The Labute approximate surface area is 169 Å². The van der Waals surface area contributed by atoms with Crippen molar-refractivity contribution < 1.29 is 9.15 Å². The van der Waals surface area contributed by atoms with Crippen molar-refractivity contribution in [3.05, 3.63) is 77.6 Å². The van der Waals surface area contributed by atoms with Gasteiger partial charge in [-0.05, 0) is 50.1 Å². The van der Waals surface area contributed by atoms with Crippen molar-refractivity contribution in [1.29, 1.82) is 0 Å². The maximum Gasteiger partial charge on any atom is 0.177 e. The summed E-state index contributed by atoms with van der Waals surface area (Å²) in [4.78, 5) is 4.69. The van der Waals surface area contributed by atoms with Gasteiger partial charge in [0.2, 0.25) is 0 Å². The van der Waals surface area contributed by atoms with Crippen LogP contribution in [0.4, 0.5) is 0 Å². The molecule has 144 valence electrons. The summed E-state index contributed by atoms with van der Waals surface area (Å²) in [5.41, 5.74) is 7.49. The molecule has 5 aromatic rings. The number of aromatic nitrogens is 2. The van der Waals surface area contributed by atoms with Crippen molar-refractivity contribution in [2.75, 3.05) is 7.11 Å². The van der Waals surface area contributed by atoms with E-state index in [0.29, 0.717) is 5.75 Å². The summed E-state index contributed by atoms with van der Waals surface area (Å²) in [6.45, 7) is 6.42. The summed E-state index contributed by atoms with van der Waals surface area (Å²) in [6.07, 6.45) is 3.86. The predicted octanol–water partition coefficient (Wildman–Crippen LogP) is 6.37. The molecular formula is C25H22N2O2. The Morgan fingerprint density at radius 2 is 1.69 bits per heavy atom. The lowest BCUT2D eigenvalue weighted by atomic mass is 10.0. The van der Waals surface area contributed by atoms with Crippen LogP contribution in [-0.2, 0) is 0 Å². The molecule has 0 unspecified atom stereocenters. The molecular weight excluding hydrogens is 360 g/mol. The molecule has 5 rings (SSSR count). The number of benzene rings is 3. The molecule has 3 aromatic carbocycles. The SMILES string of the molecule is COc1cc(-c2nccn2-c2c(C)cc(C)cc2C)cc2c1oc1ccccc12. The van der Waals surface area contributed by atoms with Crippen LogP contribution in [0, 0.1) is 20.8 Å². The molecule has 0 bridgehead atoms. The lowest BCUT2D eigenvalue weighted by molar-refractivity contribution is 0.412. The Hall–Kier alpha value is -3.53. The maximum atomic E-state index is 6.06. The predicted molar refractivity (Wildman–Crippen MR) is 117 cm³/mol. The van der Waals surface area contributed by atoms with Gasteiger partial charge < -0.3 is 9.15 Å². The van der Waals surface area contributed by atoms with Gasteiger partial charge in [-0.3, -0.25) is 4.57 Å². The van der Waals surface area contributed by atoms with E-state index in [-0.39, 0.29) is 0 Å². The van der Waals surface area contributed by atoms with E-state index in [0.717, 1.165) is 33.3 Å². The first-order valence-corrected chi connectivity index (χ1v) is 9.68.